The highest BCUT2D eigenvalue weighted by Crippen LogP contribution is 2.28. The number of hydrogen-bond acceptors (Lipinski definition) is 2. The lowest BCUT2D eigenvalue weighted by molar-refractivity contribution is -0.122. The van der Waals surface area contributed by atoms with Gasteiger partial charge < -0.3 is 9.88 Å². The Balaban J connectivity index is 2.07. The molecule has 2 heterocycles. The SMILES string of the molecule is CCN1C(=O)N/C(=C/c2cc(C)n(-c3cccc(Cl)c3C)c2C)C1=O. The van der Waals surface area contributed by atoms with Crippen LogP contribution in [0.5, 0.6) is 0 Å². The van der Waals surface area contributed by atoms with Gasteiger partial charge in [0.15, 0.2) is 0 Å². The van der Waals surface area contributed by atoms with E-state index >= 15 is 0 Å². The van der Waals surface area contributed by atoms with E-state index in [1.165, 1.54) is 4.90 Å². The van der Waals surface area contributed by atoms with Crippen molar-refractivity contribution in [2.75, 3.05) is 6.54 Å². The lowest BCUT2D eigenvalue weighted by atomic mass is 10.2. The minimum absolute atomic E-state index is 0.295. The first-order valence-electron chi connectivity index (χ1n) is 8.14. The van der Waals surface area contributed by atoms with Gasteiger partial charge in [-0.25, -0.2) is 4.79 Å². The molecular formula is C19H20ClN3O2. The van der Waals surface area contributed by atoms with Gasteiger partial charge in [-0.2, -0.15) is 0 Å². The minimum Gasteiger partial charge on any atom is -0.318 e. The Labute approximate surface area is 151 Å². The summed E-state index contributed by atoms with van der Waals surface area (Å²) in [6, 6.07) is 7.42. The number of carbonyl (C=O) groups excluding carboxylic acids is 2. The Bertz CT molecular complexity index is 912. The zero-order valence-corrected chi connectivity index (χ0v) is 15.4. The van der Waals surface area contributed by atoms with Crippen molar-refractivity contribution < 1.29 is 9.59 Å². The van der Waals surface area contributed by atoms with Crippen molar-refractivity contribution in [1.82, 2.24) is 14.8 Å². The average molecular weight is 358 g/mol. The predicted octanol–water partition coefficient (Wildman–Crippen LogP) is 3.97. The van der Waals surface area contributed by atoms with Crippen molar-refractivity contribution in [3.8, 4) is 5.69 Å². The average Bonchev–Trinajstić information content (AvgIpc) is 2.99. The fourth-order valence-electron chi connectivity index (χ4n) is 3.16. The number of nitrogens with zero attached hydrogens (tertiary/aromatic N) is 2. The molecule has 6 heteroatoms. The summed E-state index contributed by atoms with van der Waals surface area (Å²) in [4.78, 5) is 25.3. The van der Waals surface area contributed by atoms with Gasteiger partial charge >= 0.3 is 6.03 Å². The van der Waals surface area contributed by atoms with Crippen LogP contribution in [0.3, 0.4) is 0 Å². The van der Waals surface area contributed by atoms with Crippen LogP contribution in [0.4, 0.5) is 4.79 Å². The summed E-state index contributed by atoms with van der Waals surface area (Å²) >= 11 is 6.26. The number of amides is 3. The second-order valence-electron chi connectivity index (χ2n) is 6.08. The van der Waals surface area contributed by atoms with Gasteiger partial charge in [-0.05, 0) is 63.1 Å². The van der Waals surface area contributed by atoms with Crippen molar-refractivity contribution in [3.05, 3.63) is 57.5 Å². The van der Waals surface area contributed by atoms with Crippen LogP contribution in [-0.2, 0) is 4.79 Å². The first-order chi connectivity index (χ1) is 11.8. The number of benzene rings is 1. The number of carbonyl (C=O) groups is 2. The molecule has 1 N–H and O–H groups in total. The summed E-state index contributed by atoms with van der Waals surface area (Å²) in [6.07, 6.45) is 1.73. The molecule has 25 heavy (non-hydrogen) atoms. The fourth-order valence-corrected chi connectivity index (χ4v) is 3.33. The van der Waals surface area contributed by atoms with Crippen molar-refractivity contribution in [2.24, 2.45) is 0 Å². The van der Waals surface area contributed by atoms with Crippen molar-refractivity contribution >= 4 is 29.6 Å². The Morgan fingerprint density at radius 1 is 1.20 bits per heavy atom. The second kappa shape index (κ2) is 6.41. The van der Waals surface area contributed by atoms with E-state index in [1.807, 2.05) is 45.0 Å². The van der Waals surface area contributed by atoms with E-state index in [1.54, 1.807) is 13.0 Å². The second-order valence-corrected chi connectivity index (χ2v) is 6.49. The van der Waals surface area contributed by atoms with Gasteiger partial charge in [-0.1, -0.05) is 17.7 Å². The van der Waals surface area contributed by atoms with Crippen LogP contribution in [0, 0.1) is 20.8 Å². The maximum absolute atomic E-state index is 12.3. The third-order valence-electron chi connectivity index (χ3n) is 4.53. The van der Waals surface area contributed by atoms with E-state index in [2.05, 4.69) is 9.88 Å². The molecule has 0 saturated carbocycles. The zero-order valence-electron chi connectivity index (χ0n) is 14.7. The molecule has 1 saturated heterocycles. The standard InChI is InChI=1S/C19H20ClN3O2/c1-5-22-18(24)16(21-19(22)25)10-14-9-11(2)23(13(14)4)17-8-6-7-15(20)12(17)3/h6-10H,5H2,1-4H3,(H,21,25)/b16-10+. The van der Waals surface area contributed by atoms with Crippen LogP contribution in [0.1, 0.15) is 29.4 Å². The normalized spacial score (nSPS) is 16.0. The number of likely N-dealkylation sites (N-methyl/N-ethyl adjacent to an activating group) is 1. The summed E-state index contributed by atoms with van der Waals surface area (Å²) in [5, 5.41) is 3.35. The summed E-state index contributed by atoms with van der Waals surface area (Å²) in [7, 11) is 0. The molecule has 1 aliphatic rings. The minimum atomic E-state index is -0.377. The molecule has 0 atom stereocenters. The highest BCUT2D eigenvalue weighted by atomic mass is 35.5. The first-order valence-corrected chi connectivity index (χ1v) is 8.52. The van der Waals surface area contributed by atoms with Gasteiger partial charge in [-0.15, -0.1) is 0 Å². The molecule has 2 aromatic rings. The van der Waals surface area contributed by atoms with Crippen LogP contribution in [0.25, 0.3) is 11.8 Å². The van der Waals surface area contributed by atoms with Gasteiger partial charge in [0.1, 0.15) is 5.70 Å². The number of halogens is 1. The molecule has 3 rings (SSSR count). The number of aromatic nitrogens is 1. The fraction of sp³-hybridized carbons (Fsp3) is 0.263. The number of hydrogen-bond donors (Lipinski definition) is 1. The monoisotopic (exact) mass is 357 g/mol. The van der Waals surface area contributed by atoms with Crippen LogP contribution in [0.2, 0.25) is 5.02 Å². The highest BCUT2D eigenvalue weighted by Gasteiger charge is 2.32. The Kier molecular flexibility index (Phi) is 4.43. The largest absolute Gasteiger partial charge is 0.328 e. The van der Waals surface area contributed by atoms with E-state index in [0.717, 1.165) is 28.2 Å². The Hall–Kier alpha value is -2.53. The van der Waals surface area contributed by atoms with Crippen molar-refractivity contribution in [3.63, 3.8) is 0 Å². The maximum atomic E-state index is 12.3. The molecular weight excluding hydrogens is 338 g/mol. The molecule has 0 bridgehead atoms. The smallest absolute Gasteiger partial charge is 0.318 e. The van der Waals surface area contributed by atoms with Gasteiger partial charge in [0.25, 0.3) is 5.91 Å². The quantitative estimate of drug-likeness (QED) is 0.667. The molecule has 0 unspecified atom stereocenters. The first kappa shape index (κ1) is 17.3. The van der Waals surface area contributed by atoms with Gasteiger partial charge in [0.2, 0.25) is 0 Å². The molecule has 1 fully saturated rings. The topological polar surface area (TPSA) is 54.3 Å². The molecule has 0 radical (unpaired) electrons. The van der Waals surface area contributed by atoms with Crippen LogP contribution >= 0.6 is 11.6 Å². The van der Waals surface area contributed by atoms with Gasteiger partial charge in [0.05, 0.1) is 0 Å². The molecule has 1 aliphatic heterocycles. The third-order valence-corrected chi connectivity index (χ3v) is 4.94. The van der Waals surface area contributed by atoms with Gasteiger partial charge in [-0.3, -0.25) is 9.69 Å². The third kappa shape index (κ3) is 2.85. The molecule has 1 aromatic heterocycles. The van der Waals surface area contributed by atoms with Crippen molar-refractivity contribution in [2.45, 2.75) is 27.7 Å². The summed E-state index contributed by atoms with van der Waals surface area (Å²) in [6.45, 7) is 8.09. The van der Waals surface area contributed by atoms with Crippen LogP contribution in [-0.4, -0.2) is 28.0 Å². The van der Waals surface area contributed by atoms with Gasteiger partial charge in [0, 0.05) is 28.6 Å². The number of nitrogens with one attached hydrogen (secondary N) is 1. The Morgan fingerprint density at radius 3 is 2.56 bits per heavy atom. The van der Waals surface area contributed by atoms with E-state index in [-0.39, 0.29) is 11.9 Å². The van der Waals surface area contributed by atoms with E-state index in [0.29, 0.717) is 17.3 Å². The molecule has 0 spiro atoms. The lowest BCUT2D eigenvalue weighted by Crippen LogP contribution is -2.30. The zero-order chi connectivity index (χ0) is 18.3. The molecule has 0 aliphatic carbocycles. The Morgan fingerprint density at radius 2 is 1.92 bits per heavy atom. The van der Waals surface area contributed by atoms with E-state index < -0.39 is 0 Å². The van der Waals surface area contributed by atoms with E-state index in [9.17, 15) is 9.59 Å². The van der Waals surface area contributed by atoms with Crippen LogP contribution in [0.15, 0.2) is 30.0 Å². The lowest BCUT2D eigenvalue weighted by Gasteiger charge is -2.13. The van der Waals surface area contributed by atoms with Crippen LogP contribution < -0.4 is 5.32 Å². The highest BCUT2D eigenvalue weighted by molar-refractivity contribution is 6.31. The summed E-state index contributed by atoms with van der Waals surface area (Å²) in [5.41, 5.74) is 5.19. The summed E-state index contributed by atoms with van der Waals surface area (Å²) in [5.74, 6) is -0.295. The number of urea groups is 1. The molecule has 1 aromatic carbocycles. The maximum Gasteiger partial charge on any atom is 0.328 e. The molecule has 3 amide bonds. The molecule has 130 valence electrons. The number of rotatable bonds is 3. The number of imide groups is 1. The number of aryl methyl sites for hydroxylation is 1. The summed E-state index contributed by atoms with van der Waals surface area (Å²) < 4.78 is 2.10. The van der Waals surface area contributed by atoms with E-state index in [4.69, 9.17) is 11.6 Å². The molecule has 5 nitrogen and oxygen atoms in total. The van der Waals surface area contributed by atoms with Crippen molar-refractivity contribution in [1.29, 1.82) is 0 Å². The predicted molar refractivity (Wildman–Crippen MR) is 98.9 cm³/mol.